The molecule has 3 rings (SSSR count). The van der Waals surface area contributed by atoms with Crippen LogP contribution < -0.4 is 24.2 Å². The molecule has 0 spiro atoms. The van der Waals surface area contributed by atoms with Crippen molar-refractivity contribution in [3.63, 3.8) is 0 Å². The molecule has 1 aromatic carbocycles. The first-order chi connectivity index (χ1) is 15.3. The van der Waals surface area contributed by atoms with Crippen LogP contribution in [0, 0.1) is 5.92 Å². The fourth-order valence-electron chi connectivity index (χ4n) is 3.16. The molecule has 1 unspecified atom stereocenters. The number of carbonyl (C=O) groups excluding carboxylic acids is 1. The summed E-state index contributed by atoms with van der Waals surface area (Å²) >= 11 is 0. The zero-order chi connectivity index (χ0) is 23.1. The summed E-state index contributed by atoms with van der Waals surface area (Å²) in [5, 5.41) is 2.78. The topological polar surface area (TPSA) is 116 Å². The summed E-state index contributed by atoms with van der Waals surface area (Å²) in [6.45, 7) is 6.96. The highest BCUT2D eigenvalue weighted by Crippen LogP contribution is 2.32. The lowest BCUT2D eigenvalue weighted by molar-refractivity contribution is -0.123. The first-order valence-electron chi connectivity index (χ1n) is 10.6. The number of nitrogens with zero attached hydrogens (tertiary/aromatic N) is 1. The Labute approximate surface area is 188 Å². The smallest absolute Gasteiger partial charge is 0.241 e. The summed E-state index contributed by atoms with van der Waals surface area (Å²) < 4.78 is 45.2. The van der Waals surface area contributed by atoms with Crippen LogP contribution in [0.5, 0.6) is 17.4 Å². The number of rotatable bonds is 9. The molecule has 32 heavy (non-hydrogen) atoms. The van der Waals surface area contributed by atoms with Crippen molar-refractivity contribution < 1.29 is 27.4 Å². The van der Waals surface area contributed by atoms with Gasteiger partial charge in [0.15, 0.2) is 11.5 Å². The number of fused-ring (bicyclic) bond motifs is 1. The number of hydrogen-bond donors (Lipinski definition) is 2. The second kappa shape index (κ2) is 10.6. The minimum atomic E-state index is -3.98. The van der Waals surface area contributed by atoms with Gasteiger partial charge in [-0.05, 0) is 31.0 Å². The summed E-state index contributed by atoms with van der Waals surface area (Å²) in [6, 6.07) is 7.00. The highest BCUT2D eigenvalue weighted by Gasteiger charge is 2.29. The number of sulfonamides is 1. The molecular formula is C22H29N3O6S. The monoisotopic (exact) mass is 463 g/mol. The minimum Gasteiger partial charge on any atom is -0.490 e. The molecule has 1 amide bonds. The average Bonchev–Trinajstić information content (AvgIpc) is 3.01. The highest BCUT2D eigenvalue weighted by atomic mass is 32.2. The third-order valence-electron chi connectivity index (χ3n) is 4.84. The Morgan fingerprint density at radius 1 is 1.19 bits per heavy atom. The molecule has 1 aromatic heterocycles. The van der Waals surface area contributed by atoms with E-state index >= 15 is 0 Å². The van der Waals surface area contributed by atoms with Gasteiger partial charge in [-0.15, -0.1) is 0 Å². The summed E-state index contributed by atoms with van der Waals surface area (Å²) in [5.74, 6) is 0.580. The van der Waals surface area contributed by atoms with Crippen molar-refractivity contribution in [3.05, 3.63) is 42.1 Å². The molecule has 1 atom stereocenters. The van der Waals surface area contributed by atoms with Gasteiger partial charge in [0, 0.05) is 30.8 Å². The van der Waals surface area contributed by atoms with E-state index < -0.39 is 22.0 Å². The number of aromatic nitrogens is 1. The second-order valence-electron chi connectivity index (χ2n) is 7.62. The number of benzene rings is 1. The molecule has 0 bridgehead atoms. The Morgan fingerprint density at radius 3 is 2.66 bits per heavy atom. The van der Waals surface area contributed by atoms with E-state index in [2.05, 4.69) is 15.0 Å². The van der Waals surface area contributed by atoms with Crippen molar-refractivity contribution in [1.29, 1.82) is 0 Å². The largest absolute Gasteiger partial charge is 0.490 e. The number of hydrogen-bond acceptors (Lipinski definition) is 7. The first kappa shape index (κ1) is 23.8. The van der Waals surface area contributed by atoms with Gasteiger partial charge in [0.1, 0.15) is 6.04 Å². The summed E-state index contributed by atoms with van der Waals surface area (Å²) in [4.78, 5) is 17.0. The van der Waals surface area contributed by atoms with Crippen molar-refractivity contribution in [3.8, 4) is 17.4 Å². The van der Waals surface area contributed by atoms with Crippen LogP contribution in [-0.2, 0) is 21.4 Å². The predicted molar refractivity (Wildman–Crippen MR) is 118 cm³/mol. The van der Waals surface area contributed by atoms with Crippen molar-refractivity contribution >= 4 is 15.9 Å². The fourth-order valence-corrected chi connectivity index (χ4v) is 4.51. The van der Waals surface area contributed by atoms with Gasteiger partial charge in [0.25, 0.3) is 0 Å². The zero-order valence-corrected chi connectivity index (χ0v) is 19.3. The molecule has 0 fully saturated rings. The van der Waals surface area contributed by atoms with Crippen LogP contribution in [0.3, 0.4) is 0 Å². The second-order valence-corrected chi connectivity index (χ2v) is 9.33. The molecule has 1 aliphatic rings. The van der Waals surface area contributed by atoms with E-state index in [1.807, 2.05) is 6.92 Å². The van der Waals surface area contributed by atoms with Crippen molar-refractivity contribution in [1.82, 2.24) is 15.0 Å². The van der Waals surface area contributed by atoms with Gasteiger partial charge in [0.2, 0.25) is 21.8 Å². The molecular weight excluding hydrogens is 434 g/mol. The third-order valence-corrected chi connectivity index (χ3v) is 6.28. The number of ether oxygens (including phenoxy) is 3. The fraction of sp³-hybridized carbons (Fsp3) is 0.455. The lowest BCUT2D eigenvalue weighted by Crippen LogP contribution is -2.49. The number of carbonyl (C=O) groups is 1. The first-order valence-corrected chi connectivity index (χ1v) is 12.1. The van der Waals surface area contributed by atoms with Gasteiger partial charge in [0.05, 0.1) is 24.7 Å². The van der Waals surface area contributed by atoms with Crippen LogP contribution in [0.1, 0.15) is 32.8 Å². The molecule has 1 aliphatic heterocycles. The quantitative estimate of drug-likeness (QED) is 0.586. The van der Waals surface area contributed by atoms with Crippen LogP contribution in [0.4, 0.5) is 0 Å². The SMILES string of the molecule is CCOc1ncccc1CNC(=O)C(NS(=O)(=O)c1ccc2c(c1)OCCCO2)C(C)C. The van der Waals surface area contributed by atoms with Crippen molar-refractivity contribution in [2.45, 2.75) is 44.7 Å². The molecule has 0 aliphatic carbocycles. The van der Waals surface area contributed by atoms with Gasteiger partial charge in [-0.1, -0.05) is 19.9 Å². The Bertz CT molecular complexity index is 1040. The van der Waals surface area contributed by atoms with E-state index in [1.54, 1.807) is 38.2 Å². The lowest BCUT2D eigenvalue weighted by atomic mass is 10.0. The van der Waals surface area contributed by atoms with E-state index in [0.717, 1.165) is 0 Å². The number of nitrogens with one attached hydrogen (secondary N) is 2. The molecule has 0 radical (unpaired) electrons. The molecule has 174 valence electrons. The number of amides is 1. The third kappa shape index (κ3) is 5.89. The standard InChI is InChI=1S/C22H29N3O6S/c1-4-29-22-16(7-5-10-23-22)14-24-21(26)20(15(2)3)25-32(27,28)17-8-9-18-19(13-17)31-12-6-11-30-18/h5,7-10,13,15,20,25H,4,6,11-12,14H2,1-3H3,(H,24,26). The van der Waals surface area contributed by atoms with Crippen LogP contribution in [0.2, 0.25) is 0 Å². The van der Waals surface area contributed by atoms with E-state index in [-0.39, 0.29) is 17.4 Å². The summed E-state index contributed by atoms with van der Waals surface area (Å²) in [5.41, 5.74) is 0.705. The van der Waals surface area contributed by atoms with Gasteiger partial charge in [-0.25, -0.2) is 13.4 Å². The molecule has 10 heteroatoms. The van der Waals surface area contributed by atoms with E-state index in [9.17, 15) is 13.2 Å². The Morgan fingerprint density at radius 2 is 1.94 bits per heavy atom. The van der Waals surface area contributed by atoms with Crippen LogP contribution in [0.15, 0.2) is 41.4 Å². The Hall–Kier alpha value is -2.85. The number of pyridine rings is 1. The van der Waals surface area contributed by atoms with Gasteiger partial charge in [-0.3, -0.25) is 4.79 Å². The van der Waals surface area contributed by atoms with Crippen molar-refractivity contribution in [2.75, 3.05) is 19.8 Å². The molecule has 2 N–H and O–H groups in total. The summed E-state index contributed by atoms with van der Waals surface area (Å²) in [7, 11) is -3.98. The van der Waals surface area contributed by atoms with Crippen LogP contribution in [0.25, 0.3) is 0 Å². The average molecular weight is 464 g/mol. The zero-order valence-electron chi connectivity index (χ0n) is 18.5. The normalized spacial score (nSPS) is 14.5. The van der Waals surface area contributed by atoms with E-state index in [0.29, 0.717) is 49.2 Å². The molecule has 9 nitrogen and oxygen atoms in total. The highest BCUT2D eigenvalue weighted by molar-refractivity contribution is 7.89. The lowest BCUT2D eigenvalue weighted by Gasteiger charge is -2.22. The Balaban J connectivity index is 1.73. The maximum absolute atomic E-state index is 13.0. The predicted octanol–water partition coefficient (Wildman–Crippen LogP) is 2.26. The minimum absolute atomic E-state index is 0.00564. The summed E-state index contributed by atoms with van der Waals surface area (Å²) in [6.07, 6.45) is 2.32. The maximum Gasteiger partial charge on any atom is 0.241 e. The molecule has 0 saturated carbocycles. The van der Waals surface area contributed by atoms with Gasteiger partial charge < -0.3 is 19.5 Å². The molecule has 0 saturated heterocycles. The Kier molecular flexibility index (Phi) is 7.92. The van der Waals surface area contributed by atoms with E-state index in [1.165, 1.54) is 12.1 Å². The van der Waals surface area contributed by atoms with Gasteiger partial charge >= 0.3 is 0 Å². The molecule has 2 aromatic rings. The van der Waals surface area contributed by atoms with Crippen molar-refractivity contribution in [2.24, 2.45) is 5.92 Å². The van der Waals surface area contributed by atoms with Crippen LogP contribution in [-0.4, -0.2) is 45.2 Å². The van der Waals surface area contributed by atoms with Gasteiger partial charge in [-0.2, -0.15) is 4.72 Å². The van der Waals surface area contributed by atoms with Crippen LogP contribution >= 0.6 is 0 Å². The molecule has 2 heterocycles. The van der Waals surface area contributed by atoms with E-state index in [4.69, 9.17) is 14.2 Å². The maximum atomic E-state index is 13.0.